The number of benzene rings is 1. The molecule has 124 valence electrons. The Morgan fingerprint density at radius 1 is 1.20 bits per heavy atom. The van der Waals surface area contributed by atoms with Crippen LogP contribution in [0.2, 0.25) is 5.02 Å². The molecule has 0 aliphatic heterocycles. The van der Waals surface area contributed by atoms with Crippen molar-refractivity contribution in [1.29, 1.82) is 0 Å². The number of aromatic nitrogens is 2. The molecule has 0 atom stereocenters. The van der Waals surface area contributed by atoms with Crippen molar-refractivity contribution in [1.82, 2.24) is 9.38 Å². The number of rotatable bonds is 3. The van der Waals surface area contributed by atoms with E-state index in [1.165, 1.54) is 6.20 Å². The highest BCUT2D eigenvalue weighted by molar-refractivity contribution is 6.33. The molecule has 0 saturated carbocycles. The minimum absolute atomic E-state index is 0.339. The second-order valence-electron chi connectivity index (χ2n) is 5.05. The number of halogens is 1. The van der Waals surface area contributed by atoms with E-state index in [9.17, 15) is 9.59 Å². The van der Waals surface area contributed by atoms with Gasteiger partial charge in [0.1, 0.15) is 11.3 Å². The molecule has 0 unspecified atom stereocenters. The summed E-state index contributed by atoms with van der Waals surface area (Å²) in [4.78, 5) is 28.2. The second kappa shape index (κ2) is 7.07. The number of hydrogen-bond donors (Lipinski definition) is 2. The van der Waals surface area contributed by atoms with E-state index >= 15 is 0 Å². The number of para-hydroxylation sites is 1. The number of nitrogens with one attached hydrogen (secondary N) is 2. The van der Waals surface area contributed by atoms with Crippen LogP contribution in [0.3, 0.4) is 0 Å². The summed E-state index contributed by atoms with van der Waals surface area (Å²) in [6.45, 7) is 1.58. The van der Waals surface area contributed by atoms with Crippen LogP contribution in [0.4, 0.5) is 11.4 Å². The zero-order chi connectivity index (χ0) is 17.8. The van der Waals surface area contributed by atoms with Gasteiger partial charge in [-0.25, -0.2) is 4.98 Å². The number of pyridine rings is 1. The Labute approximate surface area is 148 Å². The number of amides is 2. The van der Waals surface area contributed by atoms with Gasteiger partial charge in [-0.05, 0) is 31.0 Å². The average Bonchev–Trinajstić information content (AvgIpc) is 3.00. The fourth-order valence-electron chi connectivity index (χ4n) is 2.25. The molecule has 0 saturated heterocycles. The van der Waals surface area contributed by atoms with Crippen LogP contribution in [0.1, 0.15) is 17.4 Å². The minimum Gasteiger partial charge on any atom is -0.319 e. The van der Waals surface area contributed by atoms with E-state index in [0.717, 1.165) is 0 Å². The van der Waals surface area contributed by atoms with E-state index in [2.05, 4.69) is 27.5 Å². The molecule has 0 bridgehead atoms. The number of carbonyl (C=O) groups is 2. The summed E-state index contributed by atoms with van der Waals surface area (Å²) in [5, 5.41) is 5.84. The summed E-state index contributed by atoms with van der Waals surface area (Å²) in [5.74, 6) is 4.17. The highest BCUT2D eigenvalue weighted by Gasteiger charge is 2.14. The van der Waals surface area contributed by atoms with Gasteiger partial charge in [-0.15, -0.1) is 0 Å². The molecule has 2 N–H and O–H groups in total. The van der Waals surface area contributed by atoms with Gasteiger partial charge in [-0.2, -0.15) is 0 Å². The molecule has 0 aliphatic rings. The summed E-state index contributed by atoms with van der Waals surface area (Å²) in [6, 6.07) is 10.3. The third-order valence-electron chi connectivity index (χ3n) is 3.36. The van der Waals surface area contributed by atoms with Gasteiger partial charge in [0.05, 0.1) is 16.9 Å². The first kappa shape index (κ1) is 16.6. The van der Waals surface area contributed by atoms with E-state index < -0.39 is 5.91 Å². The standard InChI is InChI=1S/C18H13ClN4O2/c1-2-5-17(24)21-12-8-9-23-15(11-20-16(23)10-12)18(25)22-14-7-4-3-6-13(14)19/h3-4,6-11H,1H3,(H,21,24)(H,22,25). The monoisotopic (exact) mass is 352 g/mol. The van der Waals surface area contributed by atoms with Crippen LogP contribution in [0.5, 0.6) is 0 Å². The molecule has 0 aliphatic carbocycles. The van der Waals surface area contributed by atoms with E-state index in [1.807, 2.05) is 0 Å². The topological polar surface area (TPSA) is 75.5 Å². The highest BCUT2D eigenvalue weighted by Crippen LogP contribution is 2.21. The van der Waals surface area contributed by atoms with Crippen LogP contribution in [-0.4, -0.2) is 21.2 Å². The number of fused-ring (bicyclic) bond motifs is 1. The van der Waals surface area contributed by atoms with Crippen molar-refractivity contribution in [3.63, 3.8) is 0 Å². The van der Waals surface area contributed by atoms with Crippen LogP contribution in [0.15, 0.2) is 48.8 Å². The minimum atomic E-state index is -0.407. The van der Waals surface area contributed by atoms with Crippen LogP contribution in [0.25, 0.3) is 5.65 Å². The first-order valence-electron chi connectivity index (χ1n) is 7.35. The lowest BCUT2D eigenvalue weighted by Crippen LogP contribution is -2.14. The molecule has 1 aromatic carbocycles. The second-order valence-corrected chi connectivity index (χ2v) is 5.46. The van der Waals surface area contributed by atoms with Crippen molar-refractivity contribution in [3.8, 4) is 11.8 Å². The largest absolute Gasteiger partial charge is 0.319 e. The van der Waals surface area contributed by atoms with Crippen LogP contribution >= 0.6 is 11.6 Å². The van der Waals surface area contributed by atoms with E-state index in [1.54, 1.807) is 53.9 Å². The molecular weight excluding hydrogens is 340 g/mol. The maximum atomic E-state index is 12.5. The van der Waals surface area contributed by atoms with E-state index in [0.29, 0.717) is 27.7 Å². The highest BCUT2D eigenvalue weighted by atomic mass is 35.5. The van der Waals surface area contributed by atoms with Crippen LogP contribution in [0, 0.1) is 11.8 Å². The lowest BCUT2D eigenvalue weighted by molar-refractivity contribution is -0.111. The molecule has 2 aromatic heterocycles. The Kier molecular flexibility index (Phi) is 4.68. The van der Waals surface area contributed by atoms with Gasteiger partial charge in [0, 0.05) is 18.0 Å². The van der Waals surface area contributed by atoms with Gasteiger partial charge in [-0.3, -0.25) is 14.0 Å². The number of hydrogen-bond acceptors (Lipinski definition) is 3. The summed E-state index contributed by atoms with van der Waals surface area (Å²) in [6.07, 6.45) is 3.11. The summed E-state index contributed by atoms with van der Waals surface area (Å²) in [7, 11) is 0. The van der Waals surface area contributed by atoms with Crippen molar-refractivity contribution in [2.45, 2.75) is 6.92 Å². The first-order chi connectivity index (χ1) is 12.1. The summed E-state index contributed by atoms with van der Waals surface area (Å²) >= 11 is 6.05. The third-order valence-corrected chi connectivity index (χ3v) is 3.69. The first-order valence-corrected chi connectivity index (χ1v) is 7.73. The maximum absolute atomic E-state index is 12.5. The van der Waals surface area contributed by atoms with Crippen LogP contribution < -0.4 is 10.6 Å². The Bertz CT molecular complexity index is 1030. The van der Waals surface area contributed by atoms with Crippen molar-refractivity contribution in [2.75, 3.05) is 10.6 Å². The molecule has 3 rings (SSSR count). The van der Waals surface area contributed by atoms with Crippen molar-refractivity contribution in [2.24, 2.45) is 0 Å². The molecule has 7 heteroatoms. The molecule has 2 heterocycles. The van der Waals surface area contributed by atoms with Gasteiger partial charge >= 0.3 is 0 Å². The van der Waals surface area contributed by atoms with Crippen molar-refractivity contribution in [3.05, 3.63) is 59.5 Å². The predicted molar refractivity (Wildman–Crippen MR) is 96.7 cm³/mol. The molecule has 25 heavy (non-hydrogen) atoms. The van der Waals surface area contributed by atoms with Crippen molar-refractivity contribution < 1.29 is 9.59 Å². The van der Waals surface area contributed by atoms with Gasteiger partial charge in [0.2, 0.25) is 0 Å². The van der Waals surface area contributed by atoms with E-state index in [4.69, 9.17) is 11.6 Å². The Hall–Kier alpha value is -3.30. The molecular formula is C18H13ClN4O2. The normalized spacial score (nSPS) is 10.0. The molecule has 3 aromatic rings. The number of carbonyl (C=O) groups excluding carboxylic acids is 2. The van der Waals surface area contributed by atoms with Gasteiger partial charge in [-0.1, -0.05) is 29.7 Å². The molecule has 2 amide bonds. The maximum Gasteiger partial charge on any atom is 0.300 e. The average molecular weight is 353 g/mol. The number of imidazole rings is 1. The lowest BCUT2D eigenvalue weighted by Gasteiger charge is -2.07. The Balaban J connectivity index is 1.85. The number of anilines is 2. The SMILES string of the molecule is CC#CC(=O)Nc1ccn2c(C(=O)Nc3ccccc3Cl)cnc2c1. The quantitative estimate of drug-likeness (QED) is 0.711. The Morgan fingerprint density at radius 3 is 2.76 bits per heavy atom. The predicted octanol–water partition coefficient (Wildman–Crippen LogP) is 3.20. The fraction of sp³-hybridized carbons (Fsp3) is 0.0556. The zero-order valence-electron chi connectivity index (χ0n) is 13.2. The molecule has 0 spiro atoms. The Morgan fingerprint density at radius 2 is 2.00 bits per heavy atom. The third kappa shape index (κ3) is 3.62. The van der Waals surface area contributed by atoms with Crippen LogP contribution in [-0.2, 0) is 4.79 Å². The smallest absolute Gasteiger partial charge is 0.300 e. The molecule has 0 fully saturated rings. The summed E-state index contributed by atoms with van der Waals surface area (Å²) < 4.78 is 1.62. The summed E-state index contributed by atoms with van der Waals surface area (Å²) in [5.41, 5.74) is 1.93. The number of nitrogens with zero attached hydrogens (tertiary/aromatic N) is 2. The molecule has 6 nitrogen and oxygen atoms in total. The lowest BCUT2D eigenvalue weighted by atomic mass is 10.3. The van der Waals surface area contributed by atoms with Crippen molar-refractivity contribution >= 4 is 40.4 Å². The van der Waals surface area contributed by atoms with Gasteiger partial charge < -0.3 is 10.6 Å². The molecule has 0 radical (unpaired) electrons. The van der Waals surface area contributed by atoms with E-state index in [-0.39, 0.29) is 5.91 Å². The fourth-order valence-corrected chi connectivity index (χ4v) is 2.43. The van der Waals surface area contributed by atoms with Gasteiger partial charge in [0.25, 0.3) is 11.8 Å². The zero-order valence-corrected chi connectivity index (χ0v) is 14.0. The van der Waals surface area contributed by atoms with Gasteiger partial charge in [0.15, 0.2) is 0 Å².